The van der Waals surface area contributed by atoms with Crippen molar-refractivity contribution < 1.29 is 0 Å². The summed E-state index contributed by atoms with van der Waals surface area (Å²) < 4.78 is 0. The molecule has 1 N–H and O–H groups in total. The van der Waals surface area contributed by atoms with E-state index in [-0.39, 0.29) is 0 Å². The maximum absolute atomic E-state index is 3.34. The number of H-pyrrole nitrogens is 1. The molecule has 0 fully saturated rings. The van der Waals surface area contributed by atoms with E-state index in [0.29, 0.717) is 0 Å². The van der Waals surface area contributed by atoms with Crippen molar-refractivity contribution in [3.63, 3.8) is 0 Å². The topological polar surface area (TPSA) is 15.8 Å². The zero-order chi connectivity index (χ0) is 14.1. The molecule has 0 radical (unpaired) electrons. The van der Waals surface area contributed by atoms with Crippen LogP contribution in [0.25, 0.3) is 33.2 Å². The Labute approximate surface area is 123 Å². The summed E-state index contributed by atoms with van der Waals surface area (Å²) in [5, 5.41) is 1.26. The molecule has 100 valence electrons. The van der Waals surface area contributed by atoms with E-state index < -0.39 is 0 Å². The number of rotatable bonds is 2. The van der Waals surface area contributed by atoms with Crippen LogP contribution in [-0.4, -0.2) is 4.98 Å². The summed E-state index contributed by atoms with van der Waals surface area (Å²) in [4.78, 5) is 3.34. The minimum Gasteiger partial charge on any atom is -0.361 e. The summed E-state index contributed by atoms with van der Waals surface area (Å²) in [6.45, 7) is 0. The molecule has 0 unspecified atom stereocenters. The average molecular weight is 269 g/mol. The van der Waals surface area contributed by atoms with Gasteiger partial charge in [-0.15, -0.1) is 0 Å². The van der Waals surface area contributed by atoms with Crippen LogP contribution in [0.3, 0.4) is 0 Å². The van der Waals surface area contributed by atoms with Gasteiger partial charge in [0.1, 0.15) is 0 Å². The number of aromatic nitrogens is 1. The number of nitrogens with one attached hydrogen (secondary N) is 1. The third-order valence-electron chi connectivity index (χ3n) is 3.86. The molecule has 0 aliphatic rings. The molecular formula is C20H15N. The van der Waals surface area contributed by atoms with E-state index in [1.54, 1.807) is 0 Å². The lowest BCUT2D eigenvalue weighted by atomic mass is 9.96. The highest BCUT2D eigenvalue weighted by molar-refractivity contribution is 5.98. The molecule has 0 spiro atoms. The van der Waals surface area contributed by atoms with Gasteiger partial charge in [-0.2, -0.15) is 0 Å². The van der Waals surface area contributed by atoms with Gasteiger partial charge in [0.25, 0.3) is 0 Å². The van der Waals surface area contributed by atoms with Gasteiger partial charge < -0.3 is 4.98 Å². The van der Waals surface area contributed by atoms with Gasteiger partial charge in [-0.05, 0) is 40.5 Å². The quantitative estimate of drug-likeness (QED) is 0.494. The average Bonchev–Trinajstić information content (AvgIpc) is 3.04. The van der Waals surface area contributed by atoms with Crippen molar-refractivity contribution in [2.45, 2.75) is 0 Å². The monoisotopic (exact) mass is 269 g/mol. The number of benzene rings is 3. The van der Waals surface area contributed by atoms with E-state index in [1.165, 1.54) is 33.2 Å². The molecule has 0 saturated heterocycles. The Kier molecular flexibility index (Phi) is 2.82. The minimum absolute atomic E-state index is 1.18. The molecule has 0 bridgehead atoms. The van der Waals surface area contributed by atoms with Crippen LogP contribution in [0.2, 0.25) is 0 Å². The second kappa shape index (κ2) is 4.95. The van der Waals surface area contributed by atoms with Crippen molar-refractivity contribution in [2.24, 2.45) is 0 Å². The summed E-state index contributed by atoms with van der Waals surface area (Å²) in [5.74, 6) is 0. The van der Waals surface area contributed by atoms with Crippen molar-refractivity contribution in [1.82, 2.24) is 4.98 Å². The predicted octanol–water partition coefficient (Wildman–Crippen LogP) is 5.50. The van der Waals surface area contributed by atoms with Gasteiger partial charge in [-0.25, -0.2) is 0 Å². The van der Waals surface area contributed by atoms with E-state index in [0.717, 1.165) is 0 Å². The van der Waals surface area contributed by atoms with Crippen LogP contribution in [0, 0.1) is 0 Å². The Morgan fingerprint density at radius 1 is 0.571 bits per heavy atom. The van der Waals surface area contributed by atoms with Crippen LogP contribution >= 0.6 is 0 Å². The molecule has 1 aromatic heterocycles. The molecule has 0 atom stereocenters. The van der Waals surface area contributed by atoms with E-state index >= 15 is 0 Å². The van der Waals surface area contributed by atoms with E-state index in [4.69, 9.17) is 0 Å². The zero-order valence-electron chi connectivity index (χ0n) is 11.6. The molecule has 1 nitrogen and oxygen atoms in total. The standard InChI is InChI=1S/C20H15N/c1-3-7-15(8-4-1)17-13-19(16-9-5-2-6-10-16)18-11-12-21-20(18)14-17/h1-14,21H. The maximum atomic E-state index is 3.34. The Bertz CT molecular complexity index is 874. The molecular weight excluding hydrogens is 254 g/mol. The van der Waals surface area contributed by atoms with Crippen molar-refractivity contribution in [3.8, 4) is 22.3 Å². The van der Waals surface area contributed by atoms with Crippen LogP contribution in [0.5, 0.6) is 0 Å². The van der Waals surface area contributed by atoms with Crippen LogP contribution in [0.15, 0.2) is 85.1 Å². The SMILES string of the molecule is c1ccc(-c2cc(-c3ccccc3)c3cc[nH]c3c2)cc1. The fraction of sp³-hybridized carbons (Fsp3) is 0. The van der Waals surface area contributed by atoms with E-state index in [9.17, 15) is 0 Å². The highest BCUT2D eigenvalue weighted by atomic mass is 14.7. The predicted molar refractivity (Wildman–Crippen MR) is 89.2 cm³/mol. The van der Waals surface area contributed by atoms with Crippen LogP contribution in [0.4, 0.5) is 0 Å². The molecule has 0 amide bonds. The van der Waals surface area contributed by atoms with Crippen molar-refractivity contribution >= 4 is 10.9 Å². The van der Waals surface area contributed by atoms with Crippen LogP contribution < -0.4 is 0 Å². The minimum atomic E-state index is 1.18. The van der Waals surface area contributed by atoms with Gasteiger partial charge in [-0.1, -0.05) is 60.7 Å². The van der Waals surface area contributed by atoms with Gasteiger partial charge in [0.2, 0.25) is 0 Å². The highest BCUT2D eigenvalue weighted by Gasteiger charge is 2.08. The first-order chi connectivity index (χ1) is 10.4. The highest BCUT2D eigenvalue weighted by Crippen LogP contribution is 2.33. The number of hydrogen-bond acceptors (Lipinski definition) is 0. The lowest BCUT2D eigenvalue weighted by Gasteiger charge is -2.08. The van der Waals surface area contributed by atoms with Crippen molar-refractivity contribution in [2.75, 3.05) is 0 Å². The second-order valence-electron chi connectivity index (χ2n) is 5.19. The fourth-order valence-electron chi connectivity index (χ4n) is 2.82. The van der Waals surface area contributed by atoms with Crippen molar-refractivity contribution in [1.29, 1.82) is 0 Å². The Balaban J connectivity index is 2.00. The summed E-state index contributed by atoms with van der Waals surface area (Å²) in [6.07, 6.45) is 2.01. The molecule has 21 heavy (non-hydrogen) atoms. The van der Waals surface area contributed by atoms with Gasteiger partial charge in [0.05, 0.1) is 0 Å². The largest absolute Gasteiger partial charge is 0.361 e. The van der Waals surface area contributed by atoms with E-state index in [2.05, 4.69) is 83.8 Å². The number of aromatic amines is 1. The molecule has 4 rings (SSSR count). The summed E-state index contributed by atoms with van der Waals surface area (Å²) in [7, 11) is 0. The summed E-state index contributed by atoms with van der Waals surface area (Å²) >= 11 is 0. The first-order valence-corrected chi connectivity index (χ1v) is 7.14. The molecule has 4 aromatic rings. The summed E-state index contributed by atoms with van der Waals surface area (Å²) in [6, 6.07) is 27.7. The third-order valence-corrected chi connectivity index (χ3v) is 3.86. The maximum Gasteiger partial charge on any atom is 0.0466 e. The summed E-state index contributed by atoms with van der Waals surface area (Å²) in [5.41, 5.74) is 6.18. The van der Waals surface area contributed by atoms with Gasteiger partial charge >= 0.3 is 0 Å². The Morgan fingerprint density at radius 2 is 1.24 bits per heavy atom. The first-order valence-electron chi connectivity index (χ1n) is 7.14. The Hall–Kier alpha value is -2.80. The molecule has 1 heteroatoms. The fourth-order valence-corrected chi connectivity index (χ4v) is 2.82. The zero-order valence-corrected chi connectivity index (χ0v) is 11.6. The second-order valence-corrected chi connectivity index (χ2v) is 5.19. The first kappa shape index (κ1) is 12.0. The molecule has 1 heterocycles. The van der Waals surface area contributed by atoms with E-state index in [1.807, 2.05) is 6.20 Å². The van der Waals surface area contributed by atoms with Crippen molar-refractivity contribution in [3.05, 3.63) is 85.1 Å². The van der Waals surface area contributed by atoms with Gasteiger partial charge in [0.15, 0.2) is 0 Å². The van der Waals surface area contributed by atoms with Gasteiger partial charge in [0, 0.05) is 17.1 Å². The molecule has 0 aliphatic heterocycles. The lowest BCUT2D eigenvalue weighted by Crippen LogP contribution is -1.83. The smallest absolute Gasteiger partial charge is 0.0466 e. The normalized spacial score (nSPS) is 10.9. The molecule has 3 aromatic carbocycles. The molecule has 0 saturated carbocycles. The lowest BCUT2D eigenvalue weighted by molar-refractivity contribution is 1.47. The number of fused-ring (bicyclic) bond motifs is 1. The Morgan fingerprint density at radius 3 is 1.95 bits per heavy atom. The van der Waals surface area contributed by atoms with Crippen LogP contribution in [0.1, 0.15) is 0 Å². The molecule has 0 aliphatic carbocycles. The van der Waals surface area contributed by atoms with Crippen LogP contribution in [-0.2, 0) is 0 Å². The number of hydrogen-bond donors (Lipinski definition) is 1. The van der Waals surface area contributed by atoms with Gasteiger partial charge in [-0.3, -0.25) is 0 Å². The third kappa shape index (κ3) is 2.13.